The quantitative estimate of drug-likeness (QED) is 0.176. The molecule has 0 saturated carbocycles. The van der Waals surface area contributed by atoms with E-state index in [1.807, 2.05) is 86.6 Å². The van der Waals surface area contributed by atoms with Gasteiger partial charge in [-0.15, -0.1) is 23.5 Å². The first-order chi connectivity index (χ1) is 22.5. The molecule has 4 N–H and O–H groups in total. The molecule has 8 nitrogen and oxygen atoms in total. The summed E-state index contributed by atoms with van der Waals surface area (Å²) >= 11 is 3.53. The summed E-state index contributed by atoms with van der Waals surface area (Å²) in [5.74, 6) is -0.183. The van der Waals surface area contributed by atoms with Crippen LogP contribution in [0.2, 0.25) is 0 Å². The fourth-order valence-electron chi connectivity index (χ4n) is 6.87. The van der Waals surface area contributed by atoms with E-state index in [4.69, 9.17) is 14.2 Å². The molecule has 276 valence electrons. The van der Waals surface area contributed by atoms with E-state index in [2.05, 4.69) is 0 Å². The van der Waals surface area contributed by atoms with E-state index in [9.17, 15) is 25.2 Å². The number of aliphatic hydroxyl groups is 4. The monoisotopic (exact) mass is 712 g/mol. The van der Waals surface area contributed by atoms with Crippen molar-refractivity contribution in [2.75, 3.05) is 25.7 Å². The van der Waals surface area contributed by atoms with Gasteiger partial charge >= 0.3 is 5.97 Å². The molecule has 10 heteroatoms. The molecule has 0 unspecified atom stereocenters. The van der Waals surface area contributed by atoms with Gasteiger partial charge in [0.15, 0.2) is 0 Å². The van der Waals surface area contributed by atoms with Gasteiger partial charge in [-0.25, -0.2) is 4.79 Å². The van der Waals surface area contributed by atoms with Gasteiger partial charge in [-0.1, -0.05) is 83.9 Å². The molecule has 0 spiro atoms. The summed E-state index contributed by atoms with van der Waals surface area (Å²) in [4.78, 5) is 13.7. The number of carbonyl (C=O) groups excluding carboxylic acids is 1. The topological polar surface area (TPSA) is 126 Å². The van der Waals surface area contributed by atoms with Crippen LogP contribution in [0.1, 0.15) is 81.6 Å². The number of esters is 1. The summed E-state index contributed by atoms with van der Waals surface area (Å²) in [5.41, 5.74) is 1.85. The molecule has 2 heterocycles. The van der Waals surface area contributed by atoms with Gasteiger partial charge in [0, 0.05) is 30.8 Å². The number of cyclic esters (lactones) is 1. The zero-order valence-corrected chi connectivity index (χ0v) is 32.7. The SMILES string of the molecule is CO/C1=C\C(C)=C\[C@@H](C)[C@@H](O)[C@@H](C)C/C(C)=C/C=C/[C@H](OC)[C@@H]([C@@H](C)[C@@H](O)[C@H](C)C2(C[C@@H](O)[C@H](C)[C@H](O)C(C)C)SCCCS2)OC1=O. The van der Waals surface area contributed by atoms with Crippen molar-refractivity contribution >= 4 is 29.5 Å². The van der Waals surface area contributed by atoms with Crippen LogP contribution in [0.5, 0.6) is 0 Å². The maximum Gasteiger partial charge on any atom is 0.373 e. The molecule has 0 amide bonds. The van der Waals surface area contributed by atoms with Gasteiger partial charge < -0.3 is 34.6 Å². The van der Waals surface area contributed by atoms with Crippen LogP contribution in [0.4, 0.5) is 0 Å². The lowest BCUT2D eigenvalue weighted by Crippen LogP contribution is -2.50. The highest BCUT2D eigenvalue weighted by atomic mass is 32.2. The van der Waals surface area contributed by atoms with E-state index in [0.717, 1.165) is 29.1 Å². The van der Waals surface area contributed by atoms with Crippen LogP contribution in [0.3, 0.4) is 0 Å². The van der Waals surface area contributed by atoms with Crippen molar-refractivity contribution in [3.8, 4) is 0 Å². The Hall–Kier alpha value is -1.27. The molecule has 0 aliphatic carbocycles. The molecule has 0 radical (unpaired) electrons. The Bertz CT molecular complexity index is 1130. The predicted octanol–water partition coefficient (Wildman–Crippen LogP) is 6.53. The van der Waals surface area contributed by atoms with Gasteiger partial charge in [0.1, 0.15) is 12.2 Å². The van der Waals surface area contributed by atoms with Gasteiger partial charge in [-0.3, -0.25) is 0 Å². The number of thioether (sulfide) groups is 2. The smallest absolute Gasteiger partial charge is 0.373 e. The average molecular weight is 713 g/mol. The lowest BCUT2D eigenvalue weighted by Gasteiger charge is -2.47. The van der Waals surface area contributed by atoms with Crippen molar-refractivity contribution in [3.05, 3.63) is 47.3 Å². The minimum absolute atomic E-state index is 0.00979. The number of methoxy groups -OCH3 is 2. The van der Waals surface area contributed by atoms with Gasteiger partial charge in [0.2, 0.25) is 5.76 Å². The fourth-order valence-corrected chi connectivity index (χ4v) is 10.5. The number of hydrogen-bond donors (Lipinski definition) is 4. The van der Waals surface area contributed by atoms with Gasteiger partial charge in [0.25, 0.3) is 0 Å². The van der Waals surface area contributed by atoms with Crippen LogP contribution < -0.4 is 0 Å². The third-order valence-corrected chi connectivity index (χ3v) is 13.9. The van der Waals surface area contributed by atoms with E-state index >= 15 is 0 Å². The van der Waals surface area contributed by atoms with Crippen molar-refractivity contribution < 1.29 is 39.4 Å². The molecule has 48 heavy (non-hydrogen) atoms. The second-order valence-electron chi connectivity index (χ2n) is 14.5. The molecule has 2 aliphatic heterocycles. The zero-order valence-electron chi connectivity index (χ0n) is 31.1. The molecule has 1 saturated heterocycles. The van der Waals surface area contributed by atoms with E-state index in [-0.39, 0.29) is 35.3 Å². The van der Waals surface area contributed by atoms with Crippen LogP contribution in [0, 0.1) is 35.5 Å². The van der Waals surface area contributed by atoms with Crippen LogP contribution >= 0.6 is 23.5 Å². The third kappa shape index (κ3) is 11.6. The lowest BCUT2D eigenvalue weighted by atomic mass is 9.81. The normalized spacial score (nSPS) is 34.1. The first-order valence-electron chi connectivity index (χ1n) is 17.5. The lowest BCUT2D eigenvalue weighted by molar-refractivity contribution is -0.161. The molecule has 0 aromatic heterocycles. The number of rotatable bonds is 11. The van der Waals surface area contributed by atoms with E-state index in [1.165, 1.54) is 7.11 Å². The Balaban J connectivity index is 2.54. The summed E-state index contributed by atoms with van der Waals surface area (Å²) in [6.07, 6.45) is 6.95. The Morgan fingerprint density at radius 3 is 2.21 bits per heavy atom. The van der Waals surface area contributed by atoms with Gasteiger partial charge in [-0.05, 0) is 62.5 Å². The standard InChI is InChI=1S/C38H64O8S2/c1-22(2)33(40)27(7)30(39)21-38(47-16-13-17-48-38)29(9)35(42)28(8)36-31(44-10)15-12-14-23(3)18-25(5)34(41)26(6)19-24(4)20-32(45-11)37(43)46-36/h12,14-15,19-20,22,25-31,33-36,39-42H,13,16-18,21H2,1-11H3/b15-12+,23-14+,24-19+,32-20-/t25-,26+,27-,28-,29-,30+,31-,33+,34-,35+,36+/m0/s1. The summed E-state index contributed by atoms with van der Waals surface area (Å²) in [6, 6.07) is 0. The Labute approximate surface area is 298 Å². The maximum absolute atomic E-state index is 13.7. The number of carbonyl (C=O) groups is 1. The maximum atomic E-state index is 13.7. The molecular weight excluding hydrogens is 649 g/mol. The van der Waals surface area contributed by atoms with E-state index in [0.29, 0.717) is 12.8 Å². The highest BCUT2D eigenvalue weighted by Gasteiger charge is 2.48. The molecule has 2 rings (SSSR count). The van der Waals surface area contributed by atoms with Crippen LogP contribution in [-0.4, -0.2) is 92.8 Å². The van der Waals surface area contributed by atoms with Gasteiger partial charge in [-0.2, -0.15) is 0 Å². The fraction of sp³-hybridized carbons (Fsp3) is 0.763. The first-order valence-corrected chi connectivity index (χ1v) is 19.5. The summed E-state index contributed by atoms with van der Waals surface area (Å²) in [5, 5.41) is 45.2. The third-order valence-electron chi connectivity index (χ3n) is 10.2. The minimum Gasteiger partial charge on any atom is -0.490 e. The second-order valence-corrected chi connectivity index (χ2v) is 17.6. The molecule has 11 atom stereocenters. The highest BCUT2D eigenvalue weighted by molar-refractivity contribution is 8.18. The second kappa shape index (κ2) is 19.9. The molecular formula is C38H64O8S2. The Morgan fingerprint density at radius 2 is 1.65 bits per heavy atom. The van der Waals surface area contributed by atoms with E-state index < -0.39 is 52.6 Å². The van der Waals surface area contributed by atoms with Crippen molar-refractivity contribution in [1.82, 2.24) is 0 Å². The Morgan fingerprint density at radius 1 is 1.02 bits per heavy atom. The zero-order chi connectivity index (χ0) is 36.3. The van der Waals surface area contributed by atoms with Crippen LogP contribution in [0.25, 0.3) is 0 Å². The number of aliphatic hydroxyl groups excluding tert-OH is 4. The number of hydrogen-bond acceptors (Lipinski definition) is 10. The Kier molecular flexibility index (Phi) is 17.8. The number of ether oxygens (including phenoxy) is 3. The van der Waals surface area contributed by atoms with Crippen LogP contribution in [0.15, 0.2) is 47.3 Å². The van der Waals surface area contributed by atoms with E-state index in [1.54, 1.807) is 36.7 Å². The van der Waals surface area contributed by atoms with Crippen molar-refractivity contribution in [1.29, 1.82) is 0 Å². The van der Waals surface area contributed by atoms with Crippen molar-refractivity contribution in [2.45, 2.75) is 122 Å². The summed E-state index contributed by atoms with van der Waals surface area (Å²) in [6.45, 7) is 17.5. The van der Waals surface area contributed by atoms with Crippen molar-refractivity contribution in [2.24, 2.45) is 35.5 Å². The number of allylic oxidation sites excluding steroid dienone is 5. The van der Waals surface area contributed by atoms with Crippen LogP contribution in [-0.2, 0) is 19.0 Å². The predicted molar refractivity (Wildman–Crippen MR) is 199 cm³/mol. The molecule has 0 aromatic rings. The summed E-state index contributed by atoms with van der Waals surface area (Å²) < 4.78 is 17.1. The van der Waals surface area contributed by atoms with Gasteiger partial charge in [0.05, 0.1) is 35.6 Å². The average Bonchev–Trinajstić information content (AvgIpc) is 3.05. The molecule has 2 aliphatic rings. The molecule has 0 bridgehead atoms. The first kappa shape index (κ1) is 42.9. The highest BCUT2D eigenvalue weighted by Crippen LogP contribution is 2.53. The molecule has 1 fully saturated rings. The van der Waals surface area contributed by atoms with Crippen molar-refractivity contribution in [3.63, 3.8) is 0 Å². The minimum atomic E-state index is -0.924. The summed E-state index contributed by atoms with van der Waals surface area (Å²) in [7, 11) is 2.97. The largest absolute Gasteiger partial charge is 0.490 e. The molecule has 0 aromatic carbocycles.